The smallest absolute Gasteiger partial charge is 0.118 e. The summed E-state index contributed by atoms with van der Waals surface area (Å²) in [6, 6.07) is 16.0. The first-order valence-corrected chi connectivity index (χ1v) is 5.12. The Labute approximate surface area is 103 Å². The fourth-order valence-corrected chi connectivity index (χ4v) is 1.57. The monoisotopic (exact) mass is 230 g/mol. The van der Waals surface area contributed by atoms with Gasteiger partial charge in [0.1, 0.15) is 11.5 Å². The lowest BCUT2D eigenvalue weighted by Gasteiger charge is -2.05. The predicted octanol–water partition coefficient (Wildman–Crippen LogP) is 4.01. The first-order chi connectivity index (χ1) is 7.83. The highest BCUT2D eigenvalue weighted by molar-refractivity contribution is 5.64. The van der Waals surface area contributed by atoms with E-state index in [2.05, 4.69) is 0 Å². The number of hydrogen-bond donors (Lipinski definition) is 0. The molecule has 0 aliphatic rings. The van der Waals surface area contributed by atoms with Gasteiger partial charge in [-0.3, -0.25) is 0 Å². The second-order valence-electron chi connectivity index (χ2n) is 3.46. The van der Waals surface area contributed by atoms with Crippen molar-refractivity contribution in [2.75, 3.05) is 14.2 Å². The van der Waals surface area contributed by atoms with Gasteiger partial charge in [0.15, 0.2) is 0 Å². The zero-order chi connectivity index (χ0) is 11.4. The van der Waals surface area contributed by atoms with Gasteiger partial charge < -0.3 is 9.47 Å². The number of ether oxygens (including phenoxy) is 2. The Kier molecular flexibility index (Phi) is 4.58. The molecule has 0 unspecified atom stereocenters. The Hall–Kier alpha value is -1.96. The summed E-state index contributed by atoms with van der Waals surface area (Å²) in [5.74, 6) is 1.74. The van der Waals surface area contributed by atoms with Crippen LogP contribution in [-0.2, 0) is 0 Å². The maximum absolute atomic E-state index is 5.12. The van der Waals surface area contributed by atoms with E-state index in [1.807, 2.05) is 48.5 Å². The average molecular weight is 230 g/mol. The van der Waals surface area contributed by atoms with Crippen molar-refractivity contribution in [3.63, 3.8) is 0 Å². The molecule has 2 rings (SSSR count). The second-order valence-corrected chi connectivity index (χ2v) is 3.46. The van der Waals surface area contributed by atoms with Crippen LogP contribution >= 0.6 is 0 Å². The second kappa shape index (κ2) is 5.94. The number of hydrogen-bond acceptors (Lipinski definition) is 2. The molecular weight excluding hydrogens is 212 g/mol. The molecule has 0 heterocycles. The fraction of sp³-hybridized carbons (Fsp3) is 0.200. The van der Waals surface area contributed by atoms with Gasteiger partial charge in [-0.25, -0.2) is 0 Å². The first-order valence-electron chi connectivity index (χ1n) is 5.12. The van der Waals surface area contributed by atoms with Gasteiger partial charge in [0, 0.05) is 0 Å². The van der Waals surface area contributed by atoms with Crippen molar-refractivity contribution in [1.82, 2.24) is 0 Å². The van der Waals surface area contributed by atoms with E-state index in [-0.39, 0.29) is 7.43 Å². The van der Waals surface area contributed by atoms with Crippen molar-refractivity contribution >= 4 is 0 Å². The van der Waals surface area contributed by atoms with Gasteiger partial charge in [0.05, 0.1) is 14.2 Å². The van der Waals surface area contributed by atoms with E-state index in [1.54, 1.807) is 14.2 Å². The summed E-state index contributed by atoms with van der Waals surface area (Å²) in [7, 11) is 3.34. The van der Waals surface area contributed by atoms with Crippen LogP contribution in [0.4, 0.5) is 0 Å². The molecule has 0 saturated carbocycles. The average Bonchev–Trinajstić information content (AvgIpc) is 2.39. The van der Waals surface area contributed by atoms with E-state index in [4.69, 9.17) is 9.47 Å². The topological polar surface area (TPSA) is 18.5 Å². The lowest BCUT2D eigenvalue weighted by Crippen LogP contribution is -1.84. The third-order valence-corrected chi connectivity index (χ3v) is 2.51. The minimum atomic E-state index is 0. The van der Waals surface area contributed by atoms with Crippen molar-refractivity contribution in [3.05, 3.63) is 48.5 Å². The molecule has 2 heteroatoms. The molecule has 0 N–H and O–H groups in total. The van der Waals surface area contributed by atoms with Crippen molar-refractivity contribution in [2.24, 2.45) is 0 Å². The molecule has 0 atom stereocenters. The van der Waals surface area contributed by atoms with Gasteiger partial charge in [0.2, 0.25) is 0 Å². The largest absolute Gasteiger partial charge is 0.497 e. The summed E-state index contributed by atoms with van der Waals surface area (Å²) in [4.78, 5) is 0. The Morgan fingerprint density at radius 1 is 0.588 bits per heavy atom. The highest BCUT2D eigenvalue weighted by Crippen LogP contribution is 2.24. The normalized spacial score (nSPS) is 9.29. The first kappa shape index (κ1) is 13.1. The van der Waals surface area contributed by atoms with Crippen LogP contribution in [0.5, 0.6) is 11.5 Å². The summed E-state index contributed by atoms with van der Waals surface area (Å²) >= 11 is 0. The number of rotatable bonds is 3. The highest BCUT2D eigenvalue weighted by atomic mass is 16.5. The summed E-state index contributed by atoms with van der Waals surface area (Å²) in [5, 5.41) is 0. The molecule has 2 nitrogen and oxygen atoms in total. The standard InChI is InChI=1S/C14H14O2.CH4/c1-15-13-7-3-11(4-8-13)12-5-9-14(16-2)10-6-12;/h3-10H,1-2H3;1H4. The highest BCUT2D eigenvalue weighted by Gasteiger charge is 1.98. The van der Waals surface area contributed by atoms with Crippen molar-refractivity contribution in [1.29, 1.82) is 0 Å². The van der Waals surface area contributed by atoms with Gasteiger partial charge in [-0.15, -0.1) is 0 Å². The summed E-state index contributed by atoms with van der Waals surface area (Å²) in [5.41, 5.74) is 2.34. The van der Waals surface area contributed by atoms with Gasteiger partial charge in [-0.1, -0.05) is 31.7 Å². The van der Waals surface area contributed by atoms with E-state index < -0.39 is 0 Å². The Morgan fingerprint density at radius 3 is 1.12 bits per heavy atom. The zero-order valence-corrected chi connectivity index (χ0v) is 9.44. The molecule has 2 aromatic rings. The third kappa shape index (κ3) is 3.00. The minimum Gasteiger partial charge on any atom is -0.497 e. The molecule has 0 radical (unpaired) electrons. The molecule has 0 spiro atoms. The van der Waals surface area contributed by atoms with Crippen LogP contribution in [0.3, 0.4) is 0 Å². The minimum absolute atomic E-state index is 0. The Morgan fingerprint density at radius 2 is 0.882 bits per heavy atom. The number of benzene rings is 2. The lowest BCUT2D eigenvalue weighted by molar-refractivity contribution is 0.414. The Balaban J connectivity index is 0.00000144. The molecule has 0 bridgehead atoms. The van der Waals surface area contributed by atoms with Gasteiger partial charge >= 0.3 is 0 Å². The zero-order valence-electron chi connectivity index (χ0n) is 9.44. The SMILES string of the molecule is C.COc1ccc(-c2ccc(OC)cc2)cc1. The van der Waals surface area contributed by atoms with Crippen molar-refractivity contribution in [2.45, 2.75) is 7.43 Å². The van der Waals surface area contributed by atoms with Gasteiger partial charge in [-0.2, -0.15) is 0 Å². The van der Waals surface area contributed by atoms with Crippen LogP contribution in [0.25, 0.3) is 11.1 Å². The van der Waals surface area contributed by atoms with E-state index in [0.29, 0.717) is 0 Å². The quantitative estimate of drug-likeness (QED) is 0.793. The van der Waals surface area contributed by atoms with Crippen LogP contribution < -0.4 is 9.47 Å². The molecule has 0 saturated heterocycles. The molecule has 0 aliphatic heterocycles. The van der Waals surface area contributed by atoms with E-state index in [1.165, 1.54) is 11.1 Å². The third-order valence-electron chi connectivity index (χ3n) is 2.51. The summed E-state index contributed by atoms with van der Waals surface area (Å²) in [6.07, 6.45) is 0. The maximum Gasteiger partial charge on any atom is 0.118 e. The Bertz CT molecular complexity index is 398. The molecule has 0 aliphatic carbocycles. The predicted molar refractivity (Wildman–Crippen MR) is 71.7 cm³/mol. The molecule has 0 fully saturated rings. The lowest BCUT2D eigenvalue weighted by atomic mass is 10.1. The van der Waals surface area contributed by atoms with E-state index >= 15 is 0 Å². The molecule has 0 amide bonds. The molecule has 90 valence electrons. The van der Waals surface area contributed by atoms with Gasteiger partial charge in [0.25, 0.3) is 0 Å². The van der Waals surface area contributed by atoms with Crippen molar-refractivity contribution in [3.8, 4) is 22.6 Å². The van der Waals surface area contributed by atoms with E-state index in [9.17, 15) is 0 Å². The summed E-state index contributed by atoms with van der Waals surface area (Å²) in [6.45, 7) is 0. The molecular formula is C15H18O2. The molecule has 17 heavy (non-hydrogen) atoms. The molecule has 0 aromatic heterocycles. The maximum atomic E-state index is 5.12. The van der Waals surface area contributed by atoms with E-state index in [0.717, 1.165) is 11.5 Å². The molecule has 2 aromatic carbocycles. The van der Waals surface area contributed by atoms with Crippen molar-refractivity contribution < 1.29 is 9.47 Å². The fourth-order valence-electron chi connectivity index (χ4n) is 1.57. The van der Waals surface area contributed by atoms with Crippen LogP contribution in [0.1, 0.15) is 7.43 Å². The van der Waals surface area contributed by atoms with Crippen LogP contribution in [0, 0.1) is 0 Å². The summed E-state index contributed by atoms with van der Waals surface area (Å²) < 4.78 is 10.2. The van der Waals surface area contributed by atoms with Gasteiger partial charge in [-0.05, 0) is 35.4 Å². The van der Waals surface area contributed by atoms with Crippen LogP contribution in [-0.4, -0.2) is 14.2 Å². The number of methoxy groups -OCH3 is 2. The van der Waals surface area contributed by atoms with Crippen LogP contribution in [0.15, 0.2) is 48.5 Å². The van der Waals surface area contributed by atoms with Crippen LogP contribution in [0.2, 0.25) is 0 Å².